The molecule has 0 aromatic heterocycles. The van der Waals surface area contributed by atoms with Gasteiger partial charge in [-0.25, -0.2) is 0 Å². The molecule has 0 heterocycles. The van der Waals surface area contributed by atoms with Crippen LogP contribution < -0.4 is 10.1 Å². The first kappa shape index (κ1) is 20.9. The largest absolute Gasteiger partial charge is 0.497 e. The van der Waals surface area contributed by atoms with Crippen molar-refractivity contribution in [3.05, 3.63) is 29.3 Å². The van der Waals surface area contributed by atoms with Crippen LogP contribution in [0.25, 0.3) is 0 Å². The van der Waals surface area contributed by atoms with Crippen LogP contribution in [-0.2, 0) is 17.8 Å². The van der Waals surface area contributed by atoms with Crippen molar-refractivity contribution in [2.75, 3.05) is 7.11 Å². The minimum absolute atomic E-state index is 0.0894. The second-order valence-electron chi connectivity index (χ2n) is 6.23. The lowest BCUT2D eigenvalue weighted by Gasteiger charge is -2.13. The van der Waals surface area contributed by atoms with Gasteiger partial charge >= 0.3 is 0 Å². The zero-order chi connectivity index (χ0) is 18.7. The van der Waals surface area contributed by atoms with Crippen molar-refractivity contribution in [3.63, 3.8) is 0 Å². The molecule has 0 spiro atoms. The first-order chi connectivity index (χ1) is 12.0. The number of benzene rings is 1. The number of aryl methyl sites for hydroxylation is 1. The lowest BCUT2D eigenvalue weighted by Crippen LogP contribution is -2.26. The second kappa shape index (κ2) is 11.4. The highest BCUT2D eigenvalue weighted by Crippen LogP contribution is 2.21. The quantitative estimate of drug-likeness (QED) is 0.544. The fraction of sp³-hybridized carbons (Fsp3) is 0.550. The van der Waals surface area contributed by atoms with Crippen LogP contribution in [0.3, 0.4) is 0 Å². The Balaban J connectivity index is 2.75. The van der Waals surface area contributed by atoms with Gasteiger partial charge in [-0.3, -0.25) is 14.8 Å². The molecule has 1 atom stereocenters. The van der Waals surface area contributed by atoms with E-state index in [0.717, 1.165) is 31.4 Å². The van der Waals surface area contributed by atoms with E-state index in [0.29, 0.717) is 12.4 Å². The molecule has 1 aromatic rings. The molecule has 25 heavy (non-hydrogen) atoms. The van der Waals surface area contributed by atoms with Gasteiger partial charge in [-0.1, -0.05) is 19.4 Å². The minimum Gasteiger partial charge on any atom is -0.497 e. The van der Waals surface area contributed by atoms with Crippen LogP contribution in [0, 0.1) is 0 Å². The summed E-state index contributed by atoms with van der Waals surface area (Å²) >= 11 is 0. The van der Waals surface area contributed by atoms with Crippen molar-refractivity contribution < 1.29 is 9.53 Å². The molecule has 0 saturated heterocycles. The SMILES string of the molecule is CCCC=NCc1ccc(OC)cc1CCC(C)N=C(C)NC(C)=O. The maximum Gasteiger partial charge on any atom is 0.222 e. The van der Waals surface area contributed by atoms with Crippen molar-refractivity contribution in [1.29, 1.82) is 0 Å². The van der Waals surface area contributed by atoms with E-state index < -0.39 is 0 Å². The van der Waals surface area contributed by atoms with Gasteiger partial charge in [-0.2, -0.15) is 0 Å². The van der Waals surface area contributed by atoms with Gasteiger partial charge in [-0.05, 0) is 62.6 Å². The van der Waals surface area contributed by atoms with Crippen molar-refractivity contribution in [2.24, 2.45) is 9.98 Å². The maximum atomic E-state index is 11.1. The van der Waals surface area contributed by atoms with Crippen LogP contribution in [0.4, 0.5) is 0 Å². The van der Waals surface area contributed by atoms with Gasteiger partial charge in [0, 0.05) is 13.0 Å². The number of methoxy groups -OCH3 is 1. The number of rotatable bonds is 9. The number of hydrogen-bond donors (Lipinski definition) is 1. The minimum atomic E-state index is -0.0894. The van der Waals surface area contributed by atoms with Crippen molar-refractivity contribution in [3.8, 4) is 5.75 Å². The lowest BCUT2D eigenvalue weighted by molar-refractivity contribution is -0.117. The third-order valence-corrected chi connectivity index (χ3v) is 3.82. The van der Waals surface area contributed by atoms with Gasteiger partial charge in [0.05, 0.1) is 13.7 Å². The van der Waals surface area contributed by atoms with Crippen LogP contribution in [0.5, 0.6) is 5.75 Å². The normalized spacial score (nSPS) is 13.1. The monoisotopic (exact) mass is 345 g/mol. The Labute approximate surface area is 151 Å². The zero-order valence-corrected chi connectivity index (χ0v) is 16.1. The molecule has 0 aliphatic heterocycles. The van der Waals surface area contributed by atoms with E-state index in [9.17, 15) is 4.79 Å². The number of hydrogen-bond acceptors (Lipinski definition) is 4. The summed E-state index contributed by atoms with van der Waals surface area (Å²) in [6.45, 7) is 8.21. The van der Waals surface area contributed by atoms with E-state index in [-0.39, 0.29) is 11.9 Å². The number of carbonyl (C=O) groups is 1. The lowest BCUT2D eigenvalue weighted by atomic mass is 10.00. The predicted octanol–water partition coefficient (Wildman–Crippen LogP) is 3.94. The smallest absolute Gasteiger partial charge is 0.222 e. The molecular weight excluding hydrogens is 314 g/mol. The van der Waals surface area contributed by atoms with Gasteiger partial charge in [0.15, 0.2) is 0 Å². The Morgan fingerprint density at radius 1 is 1.32 bits per heavy atom. The molecule has 138 valence electrons. The number of amides is 1. The summed E-state index contributed by atoms with van der Waals surface area (Å²) < 4.78 is 5.35. The van der Waals surface area contributed by atoms with Gasteiger partial charge in [-0.15, -0.1) is 0 Å². The molecule has 0 aliphatic carbocycles. The summed E-state index contributed by atoms with van der Waals surface area (Å²) in [5.41, 5.74) is 2.47. The molecule has 0 bridgehead atoms. The van der Waals surface area contributed by atoms with Gasteiger partial charge in [0.1, 0.15) is 11.6 Å². The van der Waals surface area contributed by atoms with Gasteiger partial charge in [0.25, 0.3) is 0 Å². The van der Waals surface area contributed by atoms with Gasteiger partial charge < -0.3 is 10.1 Å². The third kappa shape index (κ3) is 8.47. The second-order valence-corrected chi connectivity index (χ2v) is 6.23. The number of carbonyl (C=O) groups excluding carboxylic acids is 1. The third-order valence-electron chi connectivity index (χ3n) is 3.82. The molecule has 1 N–H and O–H groups in total. The van der Waals surface area contributed by atoms with E-state index >= 15 is 0 Å². The van der Waals surface area contributed by atoms with Crippen molar-refractivity contribution >= 4 is 18.0 Å². The number of nitrogens with zero attached hydrogens (tertiary/aromatic N) is 2. The number of unbranched alkanes of at least 4 members (excludes halogenated alkanes) is 1. The Morgan fingerprint density at radius 2 is 2.08 bits per heavy atom. The van der Waals surface area contributed by atoms with E-state index in [1.165, 1.54) is 18.1 Å². The number of aliphatic imine (C=N–C) groups is 2. The zero-order valence-electron chi connectivity index (χ0n) is 16.1. The van der Waals surface area contributed by atoms with Crippen molar-refractivity contribution in [2.45, 2.75) is 66.0 Å². The fourth-order valence-corrected chi connectivity index (χ4v) is 2.55. The first-order valence-electron chi connectivity index (χ1n) is 8.92. The Bertz CT molecular complexity index is 609. The van der Waals surface area contributed by atoms with Crippen molar-refractivity contribution in [1.82, 2.24) is 5.32 Å². The van der Waals surface area contributed by atoms with E-state index in [2.05, 4.69) is 41.3 Å². The highest BCUT2D eigenvalue weighted by atomic mass is 16.5. The molecule has 1 aromatic carbocycles. The highest BCUT2D eigenvalue weighted by molar-refractivity contribution is 5.95. The summed E-state index contributed by atoms with van der Waals surface area (Å²) in [6, 6.07) is 6.29. The number of ether oxygens (including phenoxy) is 1. The summed E-state index contributed by atoms with van der Waals surface area (Å²) in [5.74, 6) is 1.44. The van der Waals surface area contributed by atoms with E-state index in [1.807, 2.05) is 19.2 Å². The van der Waals surface area contributed by atoms with Crippen LogP contribution >= 0.6 is 0 Å². The van der Waals surface area contributed by atoms with Crippen LogP contribution in [0.2, 0.25) is 0 Å². The number of nitrogens with one attached hydrogen (secondary N) is 1. The molecule has 5 heteroatoms. The van der Waals surface area contributed by atoms with E-state index in [1.54, 1.807) is 7.11 Å². The summed E-state index contributed by atoms with van der Waals surface area (Å²) in [6.07, 6.45) is 5.92. The molecule has 1 unspecified atom stereocenters. The molecule has 0 radical (unpaired) electrons. The molecular formula is C20H31N3O2. The van der Waals surface area contributed by atoms with E-state index in [4.69, 9.17) is 4.74 Å². The first-order valence-corrected chi connectivity index (χ1v) is 8.92. The maximum absolute atomic E-state index is 11.1. The molecule has 0 fully saturated rings. The fourth-order valence-electron chi connectivity index (χ4n) is 2.55. The Hall–Kier alpha value is -2.17. The Kier molecular flexibility index (Phi) is 9.51. The average Bonchev–Trinajstić information content (AvgIpc) is 2.56. The molecule has 0 saturated carbocycles. The highest BCUT2D eigenvalue weighted by Gasteiger charge is 2.08. The summed E-state index contributed by atoms with van der Waals surface area (Å²) in [7, 11) is 1.68. The van der Waals surface area contributed by atoms with Crippen LogP contribution in [0.15, 0.2) is 28.2 Å². The standard InChI is InChI=1S/C20H31N3O2/c1-6-7-12-21-14-19-10-11-20(25-5)13-18(19)9-8-15(2)22-16(3)23-17(4)24/h10-13,15H,6-9,14H2,1-5H3,(H,22,23,24). The molecule has 5 nitrogen and oxygen atoms in total. The Morgan fingerprint density at radius 3 is 2.72 bits per heavy atom. The molecule has 1 rings (SSSR count). The van der Waals surface area contributed by atoms with Gasteiger partial charge in [0.2, 0.25) is 5.91 Å². The molecule has 1 amide bonds. The average molecular weight is 345 g/mol. The van der Waals surface area contributed by atoms with Crippen LogP contribution in [0.1, 0.15) is 58.1 Å². The number of amidine groups is 1. The summed E-state index contributed by atoms with van der Waals surface area (Å²) in [5, 5.41) is 2.71. The molecule has 0 aliphatic rings. The van der Waals surface area contributed by atoms with Crippen LogP contribution in [-0.4, -0.2) is 31.1 Å². The topological polar surface area (TPSA) is 63.1 Å². The predicted molar refractivity (Wildman–Crippen MR) is 105 cm³/mol. The summed E-state index contributed by atoms with van der Waals surface area (Å²) in [4.78, 5) is 20.1.